The lowest BCUT2D eigenvalue weighted by molar-refractivity contribution is 1.24. The Bertz CT molecular complexity index is 1020. The second kappa shape index (κ2) is 6.24. The third kappa shape index (κ3) is 2.73. The third-order valence-electron chi connectivity index (χ3n) is 5.22. The summed E-state index contributed by atoms with van der Waals surface area (Å²) < 4.78 is 0. The van der Waals surface area contributed by atoms with E-state index in [1.54, 1.807) is 0 Å². The monoisotopic (exact) mass is 342 g/mol. The minimum Gasteiger partial charge on any atom is -0.0882 e. The maximum absolute atomic E-state index is 2.30. The van der Waals surface area contributed by atoms with Gasteiger partial charge in [-0.05, 0) is 71.5 Å². The molecule has 0 aromatic heterocycles. The van der Waals surface area contributed by atoms with Crippen molar-refractivity contribution in [3.05, 3.63) is 82.9 Å². The lowest BCUT2D eigenvalue weighted by Crippen LogP contribution is -1.92. The zero-order valence-electron chi connectivity index (χ0n) is 15.2. The van der Waals surface area contributed by atoms with Gasteiger partial charge in [0.05, 0.1) is 0 Å². The minimum atomic E-state index is 1.32. The van der Waals surface area contributed by atoms with Crippen molar-refractivity contribution in [2.45, 2.75) is 37.5 Å². The molecule has 0 atom stereocenters. The molecule has 4 aromatic rings. The van der Waals surface area contributed by atoms with Gasteiger partial charge < -0.3 is 0 Å². The van der Waals surface area contributed by atoms with Crippen molar-refractivity contribution in [3.63, 3.8) is 0 Å². The van der Waals surface area contributed by atoms with E-state index < -0.39 is 0 Å². The van der Waals surface area contributed by atoms with Gasteiger partial charge >= 0.3 is 0 Å². The van der Waals surface area contributed by atoms with Crippen LogP contribution in [0.15, 0.2) is 70.5 Å². The second-order valence-electron chi connectivity index (χ2n) is 6.84. The van der Waals surface area contributed by atoms with Gasteiger partial charge in [0.15, 0.2) is 0 Å². The first-order chi connectivity index (χ1) is 12.1. The molecule has 0 radical (unpaired) electrons. The molecule has 0 spiro atoms. The van der Waals surface area contributed by atoms with E-state index in [9.17, 15) is 0 Å². The molecule has 0 heterocycles. The van der Waals surface area contributed by atoms with Crippen LogP contribution in [0.5, 0.6) is 0 Å². The van der Waals surface area contributed by atoms with Crippen LogP contribution < -0.4 is 0 Å². The van der Waals surface area contributed by atoms with Gasteiger partial charge in [0, 0.05) is 9.79 Å². The molecule has 0 saturated heterocycles. The molecule has 0 unspecified atom stereocenters. The molecule has 0 amide bonds. The van der Waals surface area contributed by atoms with E-state index in [-0.39, 0.29) is 0 Å². The van der Waals surface area contributed by atoms with Crippen molar-refractivity contribution in [2.75, 3.05) is 0 Å². The Morgan fingerprint density at radius 1 is 0.560 bits per heavy atom. The highest BCUT2D eigenvalue weighted by Gasteiger charge is 2.14. The van der Waals surface area contributed by atoms with Crippen molar-refractivity contribution in [2.24, 2.45) is 0 Å². The van der Waals surface area contributed by atoms with E-state index in [0.717, 1.165) is 0 Å². The Morgan fingerprint density at radius 2 is 0.960 bits per heavy atom. The van der Waals surface area contributed by atoms with Crippen LogP contribution in [0.1, 0.15) is 22.3 Å². The highest BCUT2D eigenvalue weighted by Crippen LogP contribution is 2.42. The van der Waals surface area contributed by atoms with Crippen molar-refractivity contribution in [1.82, 2.24) is 0 Å². The van der Waals surface area contributed by atoms with Crippen molar-refractivity contribution in [3.8, 4) is 0 Å². The number of benzene rings is 4. The smallest absolute Gasteiger partial charge is 0.0233 e. The lowest BCUT2D eigenvalue weighted by atomic mass is 10.0. The SMILES string of the molecule is Cc1cc2ccccc2c(Sc2c(C)c(C)cc3ccccc23)c1C. The summed E-state index contributed by atoms with van der Waals surface area (Å²) in [6.45, 7) is 8.93. The molecule has 124 valence electrons. The van der Waals surface area contributed by atoms with Crippen LogP contribution in [0.3, 0.4) is 0 Å². The summed E-state index contributed by atoms with van der Waals surface area (Å²) in [5, 5.41) is 5.34. The fourth-order valence-electron chi connectivity index (χ4n) is 3.47. The number of hydrogen-bond donors (Lipinski definition) is 0. The molecule has 1 heteroatoms. The number of rotatable bonds is 2. The fourth-order valence-corrected chi connectivity index (χ4v) is 4.89. The maximum atomic E-state index is 2.30. The quantitative estimate of drug-likeness (QED) is 0.366. The summed E-state index contributed by atoms with van der Waals surface area (Å²) in [5.74, 6) is 0. The maximum Gasteiger partial charge on any atom is 0.0233 e. The van der Waals surface area contributed by atoms with Gasteiger partial charge in [-0.15, -0.1) is 0 Å². The molecule has 0 aliphatic heterocycles. The zero-order valence-corrected chi connectivity index (χ0v) is 16.0. The van der Waals surface area contributed by atoms with E-state index in [2.05, 4.69) is 88.4 Å². The van der Waals surface area contributed by atoms with Crippen LogP contribution >= 0.6 is 11.8 Å². The Labute approximate surface area is 153 Å². The molecule has 4 rings (SSSR count). The number of aryl methyl sites for hydroxylation is 2. The first kappa shape index (κ1) is 16.2. The Kier molecular flexibility index (Phi) is 4.05. The first-order valence-electron chi connectivity index (χ1n) is 8.72. The van der Waals surface area contributed by atoms with Gasteiger partial charge in [-0.2, -0.15) is 0 Å². The van der Waals surface area contributed by atoms with Crippen LogP contribution in [0.2, 0.25) is 0 Å². The van der Waals surface area contributed by atoms with Gasteiger partial charge in [0.1, 0.15) is 0 Å². The van der Waals surface area contributed by atoms with E-state index >= 15 is 0 Å². The predicted octanol–water partition coefficient (Wildman–Crippen LogP) is 7.38. The molecule has 0 aliphatic carbocycles. The van der Waals surface area contributed by atoms with Crippen LogP contribution in [-0.2, 0) is 0 Å². The molecule has 0 aliphatic rings. The fraction of sp³-hybridized carbons (Fsp3) is 0.167. The predicted molar refractivity (Wildman–Crippen MR) is 111 cm³/mol. The van der Waals surface area contributed by atoms with Gasteiger partial charge in [-0.25, -0.2) is 0 Å². The van der Waals surface area contributed by atoms with Crippen LogP contribution in [0, 0.1) is 27.7 Å². The molecule has 0 nitrogen and oxygen atoms in total. The molecule has 0 bridgehead atoms. The highest BCUT2D eigenvalue weighted by molar-refractivity contribution is 8.00. The van der Waals surface area contributed by atoms with Crippen molar-refractivity contribution in [1.29, 1.82) is 0 Å². The average molecular weight is 343 g/mol. The topological polar surface area (TPSA) is 0 Å². The van der Waals surface area contributed by atoms with Gasteiger partial charge in [0.25, 0.3) is 0 Å². The van der Waals surface area contributed by atoms with Gasteiger partial charge in [-0.1, -0.05) is 72.4 Å². The normalized spacial score (nSPS) is 11.4. The minimum absolute atomic E-state index is 1.32. The van der Waals surface area contributed by atoms with E-state index in [4.69, 9.17) is 0 Å². The van der Waals surface area contributed by atoms with Crippen LogP contribution in [0.25, 0.3) is 21.5 Å². The van der Waals surface area contributed by atoms with E-state index in [1.165, 1.54) is 53.6 Å². The third-order valence-corrected chi connectivity index (χ3v) is 6.68. The summed E-state index contributed by atoms with van der Waals surface area (Å²) in [6, 6.07) is 22.1. The lowest BCUT2D eigenvalue weighted by Gasteiger charge is -2.17. The standard InChI is InChI=1S/C24H22S/c1-15-13-19-9-5-7-11-21(19)23(17(15)3)25-24-18(4)16(2)14-20-10-6-8-12-22(20)24/h5-14H,1-4H3. The largest absolute Gasteiger partial charge is 0.0882 e. The van der Waals surface area contributed by atoms with Gasteiger partial charge in [-0.3, -0.25) is 0 Å². The molecular formula is C24H22S. The molecule has 0 N–H and O–H groups in total. The van der Waals surface area contributed by atoms with Crippen molar-refractivity contribution < 1.29 is 0 Å². The Balaban J connectivity index is 2.01. The second-order valence-corrected chi connectivity index (χ2v) is 7.86. The summed E-state index contributed by atoms with van der Waals surface area (Å²) in [7, 11) is 0. The Hall–Kier alpha value is -2.25. The molecule has 0 saturated carbocycles. The van der Waals surface area contributed by atoms with E-state index in [0.29, 0.717) is 0 Å². The Morgan fingerprint density at radius 3 is 1.40 bits per heavy atom. The summed E-state index contributed by atoms with van der Waals surface area (Å²) >= 11 is 1.93. The molecule has 0 fully saturated rings. The highest BCUT2D eigenvalue weighted by atomic mass is 32.2. The summed E-state index contributed by atoms with van der Waals surface area (Å²) in [5.41, 5.74) is 5.48. The van der Waals surface area contributed by atoms with Crippen LogP contribution in [0.4, 0.5) is 0 Å². The van der Waals surface area contributed by atoms with Crippen molar-refractivity contribution >= 4 is 33.3 Å². The average Bonchev–Trinajstić information content (AvgIpc) is 2.62. The van der Waals surface area contributed by atoms with Crippen LogP contribution in [-0.4, -0.2) is 0 Å². The molecule has 25 heavy (non-hydrogen) atoms. The zero-order chi connectivity index (χ0) is 17.6. The summed E-state index contributed by atoms with van der Waals surface area (Å²) in [4.78, 5) is 2.77. The first-order valence-corrected chi connectivity index (χ1v) is 9.53. The summed E-state index contributed by atoms with van der Waals surface area (Å²) in [6.07, 6.45) is 0. The number of hydrogen-bond acceptors (Lipinski definition) is 1. The van der Waals surface area contributed by atoms with Gasteiger partial charge in [0.2, 0.25) is 0 Å². The number of fused-ring (bicyclic) bond motifs is 2. The van der Waals surface area contributed by atoms with E-state index in [1.807, 2.05) is 11.8 Å². The molecule has 4 aromatic carbocycles. The molecular weight excluding hydrogens is 320 g/mol.